The van der Waals surface area contributed by atoms with E-state index >= 15 is 0 Å². The molecule has 0 atom stereocenters. The molecule has 0 unspecified atom stereocenters. The van der Waals surface area contributed by atoms with E-state index in [1.807, 2.05) is 13.8 Å². The van der Waals surface area contributed by atoms with Crippen molar-refractivity contribution in [1.29, 1.82) is 0 Å². The number of thiazole rings is 1. The third kappa shape index (κ3) is 2.97. The molecule has 0 amide bonds. The second-order valence-electron chi connectivity index (χ2n) is 6.55. The molecule has 0 radical (unpaired) electrons. The van der Waals surface area contributed by atoms with Gasteiger partial charge in [0.15, 0.2) is 0 Å². The first-order valence-electron chi connectivity index (χ1n) is 7.96. The molecule has 0 bridgehead atoms. The van der Waals surface area contributed by atoms with Crippen molar-refractivity contribution < 1.29 is 8.42 Å². The molecule has 0 saturated carbocycles. The maximum Gasteiger partial charge on any atom is 0.308 e. The molecule has 0 aliphatic carbocycles. The van der Waals surface area contributed by atoms with E-state index in [2.05, 4.69) is 6.92 Å². The molecular weight excluding hydrogens is 332 g/mol. The van der Waals surface area contributed by atoms with Gasteiger partial charge in [0.1, 0.15) is 0 Å². The van der Waals surface area contributed by atoms with Crippen LogP contribution in [0.1, 0.15) is 39.7 Å². The third-order valence-electron chi connectivity index (χ3n) is 4.48. The molecule has 1 aromatic carbocycles. The molecule has 23 heavy (non-hydrogen) atoms. The quantitative estimate of drug-likeness (QED) is 0.851. The van der Waals surface area contributed by atoms with Crippen LogP contribution in [-0.2, 0) is 10.0 Å². The van der Waals surface area contributed by atoms with Gasteiger partial charge in [-0.25, -0.2) is 8.42 Å². The van der Waals surface area contributed by atoms with Crippen molar-refractivity contribution in [2.24, 2.45) is 5.92 Å². The summed E-state index contributed by atoms with van der Waals surface area (Å²) in [6.07, 6.45) is 1.80. The van der Waals surface area contributed by atoms with E-state index in [0.717, 1.165) is 34.4 Å². The first kappa shape index (κ1) is 16.7. The van der Waals surface area contributed by atoms with Crippen molar-refractivity contribution in [3.63, 3.8) is 0 Å². The highest BCUT2D eigenvalue weighted by molar-refractivity contribution is 7.89. The Morgan fingerprint density at radius 1 is 1.22 bits per heavy atom. The molecule has 5 nitrogen and oxygen atoms in total. The maximum atomic E-state index is 12.8. The van der Waals surface area contributed by atoms with E-state index in [1.54, 1.807) is 27.1 Å². The van der Waals surface area contributed by atoms with Crippen LogP contribution in [0.15, 0.2) is 27.9 Å². The lowest BCUT2D eigenvalue weighted by atomic mass is 10.0. The van der Waals surface area contributed by atoms with Crippen LogP contribution in [-0.4, -0.2) is 30.4 Å². The van der Waals surface area contributed by atoms with Gasteiger partial charge in [-0.3, -0.25) is 9.36 Å². The van der Waals surface area contributed by atoms with E-state index in [4.69, 9.17) is 0 Å². The van der Waals surface area contributed by atoms with Gasteiger partial charge < -0.3 is 0 Å². The molecule has 2 aromatic rings. The van der Waals surface area contributed by atoms with E-state index in [-0.39, 0.29) is 15.8 Å². The number of fused-ring (bicyclic) bond motifs is 1. The first-order chi connectivity index (χ1) is 10.8. The van der Waals surface area contributed by atoms with Gasteiger partial charge in [0, 0.05) is 19.1 Å². The van der Waals surface area contributed by atoms with Crippen molar-refractivity contribution in [2.45, 2.75) is 44.6 Å². The van der Waals surface area contributed by atoms with Crippen LogP contribution < -0.4 is 4.87 Å². The van der Waals surface area contributed by atoms with Crippen molar-refractivity contribution >= 4 is 31.6 Å². The molecule has 1 fully saturated rings. The fraction of sp³-hybridized carbons (Fsp3) is 0.562. The lowest BCUT2D eigenvalue weighted by molar-refractivity contribution is 0.288. The molecule has 3 rings (SSSR count). The Bertz CT molecular complexity index is 872. The number of benzene rings is 1. The van der Waals surface area contributed by atoms with Gasteiger partial charge in [-0.15, -0.1) is 0 Å². The Kier molecular flexibility index (Phi) is 4.37. The molecular formula is C16H22N2O3S2. The van der Waals surface area contributed by atoms with Gasteiger partial charge >= 0.3 is 4.87 Å². The Balaban J connectivity index is 2.02. The summed E-state index contributed by atoms with van der Waals surface area (Å²) in [6, 6.07) is 5.09. The predicted octanol–water partition coefficient (Wildman–Crippen LogP) is 3.06. The largest absolute Gasteiger partial charge is 0.308 e. The fourth-order valence-electron chi connectivity index (χ4n) is 3.04. The zero-order valence-electron chi connectivity index (χ0n) is 13.7. The van der Waals surface area contributed by atoms with Crippen LogP contribution in [0.25, 0.3) is 10.2 Å². The van der Waals surface area contributed by atoms with E-state index < -0.39 is 10.0 Å². The third-order valence-corrected chi connectivity index (χ3v) is 7.29. The van der Waals surface area contributed by atoms with E-state index in [1.165, 1.54) is 0 Å². The van der Waals surface area contributed by atoms with Gasteiger partial charge in [0.05, 0.1) is 15.1 Å². The minimum atomic E-state index is -3.47. The van der Waals surface area contributed by atoms with E-state index in [0.29, 0.717) is 19.0 Å². The van der Waals surface area contributed by atoms with Gasteiger partial charge in [-0.2, -0.15) is 4.31 Å². The zero-order chi connectivity index (χ0) is 16.8. The summed E-state index contributed by atoms with van der Waals surface area (Å²) in [5, 5.41) is 0. The molecule has 2 heterocycles. The summed E-state index contributed by atoms with van der Waals surface area (Å²) < 4.78 is 29.6. The smallest absolute Gasteiger partial charge is 0.296 e. The highest BCUT2D eigenvalue weighted by atomic mass is 32.2. The van der Waals surface area contributed by atoms with Gasteiger partial charge in [-0.05, 0) is 50.8 Å². The van der Waals surface area contributed by atoms with Gasteiger partial charge in [-0.1, -0.05) is 18.3 Å². The average molecular weight is 354 g/mol. The van der Waals surface area contributed by atoms with Crippen LogP contribution in [0.3, 0.4) is 0 Å². The maximum absolute atomic E-state index is 12.8. The molecule has 7 heteroatoms. The summed E-state index contributed by atoms with van der Waals surface area (Å²) in [5.74, 6) is 0.578. The Labute approximate surface area is 140 Å². The number of hydrogen-bond acceptors (Lipinski definition) is 4. The minimum absolute atomic E-state index is 0.0451. The monoisotopic (exact) mass is 354 g/mol. The fourth-order valence-corrected chi connectivity index (χ4v) is 5.66. The van der Waals surface area contributed by atoms with Gasteiger partial charge in [0.2, 0.25) is 10.0 Å². The van der Waals surface area contributed by atoms with Crippen molar-refractivity contribution in [3.05, 3.63) is 27.9 Å². The summed E-state index contributed by atoms with van der Waals surface area (Å²) in [4.78, 5) is 12.3. The highest BCUT2D eigenvalue weighted by Gasteiger charge is 2.28. The second-order valence-corrected chi connectivity index (χ2v) is 9.48. The predicted molar refractivity (Wildman–Crippen MR) is 93.6 cm³/mol. The Morgan fingerprint density at radius 2 is 1.87 bits per heavy atom. The topological polar surface area (TPSA) is 59.4 Å². The van der Waals surface area contributed by atoms with Crippen LogP contribution >= 0.6 is 11.3 Å². The van der Waals surface area contributed by atoms with Crippen LogP contribution in [0.2, 0.25) is 0 Å². The zero-order valence-corrected chi connectivity index (χ0v) is 15.3. The summed E-state index contributed by atoms with van der Waals surface area (Å²) in [7, 11) is -3.47. The first-order valence-corrected chi connectivity index (χ1v) is 10.2. The molecule has 1 aliphatic rings. The lowest BCUT2D eigenvalue weighted by Crippen LogP contribution is -2.37. The SMILES string of the molecule is CC1CCN(S(=O)(=O)c2ccc3c(c2)sc(=O)n3C(C)C)CC1. The Hall–Kier alpha value is -1.18. The summed E-state index contributed by atoms with van der Waals surface area (Å²) in [5.41, 5.74) is 0.807. The van der Waals surface area contributed by atoms with Crippen molar-refractivity contribution in [1.82, 2.24) is 8.87 Å². The van der Waals surface area contributed by atoms with Crippen molar-refractivity contribution in [2.75, 3.05) is 13.1 Å². The number of nitrogens with zero attached hydrogens (tertiary/aromatic N) is 2. The van der Waals surface area contributed by atoms with Crippen molar-refractivity contribution in [3.8, 4) is 0 Å². The molecule has 1 aliphatic heterocycles. The Morgan fingerprint density at radius 3 is 2.48 bits per heavy atom. The number of sulfonamides is 1. The van der Waals surface area contributed by atoms with Crippen LogP contribution in [0, 0.1) is 5.92 Å². The standard InChI is InChI=1S/C16H22N2O3S2/c1-11(2)18-14-5-4-13(10-15(14)22-16(18)19)23(20,21)17-8-6-12(3)7-9-17/h4-5,10-12H,6-9H2,1-3H3. The van der Waals surface area contributed by atoms with Crippen LogP contribution in [0.5, 0.6) is 0 Å². The molecule has 1 saturated heterocycles. The number of rotatable bonds is 3. The second kappa shape index (κ2) is 6.03. The minimum Gasteiger partial charge on any atom is -0.296 e. The average Bonchev–Trinajstić information content (AvgIpc) is 2.82. The highest BCUT2D eigenvalue weighted by Crippen LogP contribution is 2.28. The van der Waals surface area contributed by atoms with E-state index in [9.17, 15) is 13.2 Å². The molecule has 1 aromatic heterocycles. The van der Waals surface area contributed by atoms with Crippen LogP contribution in [0.4, 0.5) is 0 Å². The normalized spacial score (nSPS) is 18.1. The molecule has 0 spiro atoms. The van der Waals surface area contributed by atoms with Gasteiger partial charge in [0.25, 0.3) is 0 Å². The number of piperidine rings is 1. The number of hydrogen-bond donors (Lipinski definition) is 0. The summed E-state index contributed by atoms with van der Waals surface area (Å²) in [6.45, 7) is 7.21. The lowest BCUT2D eigenvalue weighted by Gasteiger charge is -2.29. The molecule has 126 valence electrons. The molecule has 0 N–H and O–H groups in total. The number of aromatic nitrogens is 1. The summed E-state index contributed by atoms with van der Waals surface area (Å²) >= 11 is 1.11.